The Kier molecular flexibility index (Phi) is 4.74. The molecule has 0 unspecified atom stereocenters. The van der Waals surface area contributed by atoms with Crippen LogP contribution in [-0.2, 0) is 4.79 Å². The number of carbonyl (C=O) groups excluding carboxylic acids is 2. The van der Waals surface area contributed by atoms with E-state index in [1.807, 2.05) is 6.07 Å². The molecule has 1 aliphatic rings. The van der Waals surface area contributed by atoms with E-state index in [1.54, 1.807) is 11.4 Å². The number of nitrogens with one attached hydrogen (secondary N) is 1. The van der Waals surface area contributed by atoms with Crippen molar-refractivity contribution in [3.05, 3.63) is 21.9 Å². The highest BCUT2D eigenvalue weighted by atomic mass is 32.1. The van der Waals surface area contributed by atoms with Gasteiger partial charge in [-0.2, -0.15) is 5.26 Å². The topological polar surface area (TPSA) is 96.0 Å². The predicted molar refractivity (Wildman–Crippen MR) is 76.1 cm³/mol. The average Bonchev–Trinajstić information content (AvgIpc) is 2.78. The van der Waals surface area contributed by atoms with Crippen LogP contribution in [0.15, 0.2) is 11.4 Å². The van der Waals surface area contributed by atoms with Crippen LogP contribution in [0, 0.1) is 17.2 Å². The molecular formula is C14H17N3O2S. The molecule has 0 aliphatic heterocycles. The zero-order valence-electron chi connectivity index (χ0n) is 11.1. The highest BCUT2D eigenvalue weighted by Gasteiger charge is 2.30. The van der Waals surface area contributed by atoms with Crippen molar-refractivity contribution in [1.29, 1.82) is 5.26 Å². The third-order valence-corrected chi connectivity index (χ3v) is 4.60. The maximum Gasteiger partial charge on any atom is 0.262 e. The molecule has 0 radical (unpaired) electrons. The molecule has 5 nitrogen and oxygen atoms in total. The number of amides is 2. The van der Waals surface area contributed by atoms with Crippen LogP contribution in [0.1, 0.15) is 47.3 Å². The molecule has 2 amide bonds. The van der Waals surface area contributed by atoms with Crippen LogP contribution >= 0.6 is 11.3 Å². The molecule has 2 rings (SSSR count). The van der Waals surface area contributed by atoms with Gasteiger partial charge >= 0.3 is 0 Å². The van der Waals surface area contributed by atoms with Crippen molar-refractivity contribution in [1.82, 2.24) is 5.32 Å². The monoisotopic (exact) mass is 291 g/mol. The molecule has 0 bridgehead atoms. The molecule has 1 saturated carbocycles. The summed E-state index contributed by atoms with van der Waals surface area (Å²) in [7, 11) is 0. The highest BCUT2D eigenvalue weighted by Crippen LogP contribution is 2.24. The third-order valence-electron chi connectivity index (χ3n) is 3.69. The Morgan fingerprint density at radius 1 is 1.35 bits per heavy atom. The normalized spacial score (nSPS) is 22.6. The van der Waals surface area contributed by atoms with E-state index in [-0.39, 0.29) is 23.8 Å². The molecule has 0 aromatic carbocycles. The van der Waals surface area contributed by atoms with Gasteiger partial charge in [0.2, 0.25) is 5.91 Å². The fraction of sp³-hybridized carbons (Fsp3) is 0.500. The van der Waals surface area contributed by atoms with E-state index in [1.165, 1.54) is 11.3 Å². The molecule has 1 aromatic rings. The van der Waals surface area contributed by atoms with Gasteiger partial charge in [-0.1, -0.05) is 19.3 Å². The predicted octanol–water partition coefficient (Wildman–Crippen LogP) is 1.78. The van der Waals surface area contributed by atoms with Crippen molar-refractivity contribution >= 4 is 23.2 Å². The molecule has 1 fully saturated rings. The smallest absolute Gasteiger partial charge is 0.262 e. The number of nitriles is 1. The number of nitrogens with zero attached hydrogens (tertiary/aromatic N) is 1. The number of hydrogen-bond donors (Lipinski definition) is 2. The molecule has 1 aromatic heterocycles. The number of hydrogen-bond acceptors (Lipinski definition) is 4. The maximum atomic E-state index is 12.2. The fourth-order valence-corrected chi connectivity index (χ4v) is 3.37. The quantitative estimate of drug-likeness (QED) is 0.831. The van der Waals surface area contributed by atoms with Crippen molar-refractivity contribution in [2.75, 3.05) is 0 Å². The van der Waals surface area contributed by atoms with Gasteiger partial charge in [0.25, 0.3) is 5.91 Å². The van der Waals surface area contributed by atoms with Crippen molar-refractivity contribution in [3.8, 4) is 6.07 Å². The summed E-state index contributed by atoms with van der Waals surface area (Å²) < 4.78 is 0. The summed E-state index contributed by atoms with van der Waals surface area (Å²) in [6, 6.07) is 3.40. The molecule has 2 atom stereocenters. The third kappa shape index (κ3) is 3.17. The van der Waals surface area contributed by atoms with Gasteiger partial charge in [0.15, 0.2) is 0 Å². The SMILES string of the molecule is N#Cc1ccsc1C(=O)N[C@@H]1CCCCC[C@@H]1C(N)=O. The van der Waals surface area contributed by atoms with Gasteiger partial charge in [-0.15, -0.1) is 11.3 Å². The van der Waals surface area contributed by atoms with E-state index in [0.29, 0.717) is 10.4 Å². The molecule has 1 aliphatic carbocycles. The lowest BCUT2D eigenvalue weighted by atomic mass is 9.94. The number of primary amides is 1. The van der Waals surface area contributed by atoms with Gasteiger partial charge in [-0.3, -0.25) is 9.59 Å². The zero-order valence-corrected chi connectivity index (χ0v) is 11.9. The summed E-state index contributed by atoms with van der Waals surface area (Å²) in [5, 5.41) is 13.6. The van der Waals surface area contributed by atoms with Gasteiger partial charge < -0.3 is 11.1 Å². The zero-order chi connectivity index (χ0) is 14.5. The van der Waals surface area contributed by atoms with Gasteiger partial charge in [-0.05, 0) is 24.3 Å². The number of thiophene rings is 1. The Morgan fingerprint density at radius 3 is 2.80 bits per heavy atom. The second-order valence-electron chi connectivity index (χ2n) is 5.00. The minimum atomic E-state index is -0.358. The maximum absolute atomic E-state index is 12.2. The van der Waals surface area contributed by atoms with Gasteiger partial charge in [0, 0.05) is 6.04 Å². The summed E-state index contributed by atoms with van der Waals surface area (Å²) in [6.07, 6.45) is 4.47. The Morgan fingerprint density at radius 2 is 2.10 bits per heavy atom. The lowest BCUT2D eigenvalue weighted by Crippen LogP contribution is -2.44. The number of rotatable bonds is 3. The summed E-state index contributed by atoms with van der Waals surface area (Å²) in [6.45, 7) is 0. The molecule has 106 valence electrons. The summed E-state index contributed by atoms with van der Waals surface area (Å²) in [5.74, 6) is -0.953. The minimum absolute atomic E-state index is 0.226. The fourth-order valence-electron chi connectivity index (χ4n) is 2.63. The van der Waals surface area contributed by atoms with Crippen LogP contribution in [-0.4, -0.2) is 17.9 Å². The highest BCUT2D eigenvalue weighted by molar-refractivity contribution is 7.12. The summed E-state index contributed by atoms with van der Waals surface area (Å²) >= 11 is 1.23. The van der Waals surface area contributed by atoms with E-state index in [2.05, 4.69) is 5.32 Å². The first-order valence-electron chi connectivity index (χ1n) is 6.71. The standard InChI is InChI=1S/C14H17N3O2S/c15-8-9-6-7-20-12(9)14(19)17-11-5-3-1-2-4-10(11)13(16)18/h6-7,10-11H,1-5H2,(H2,16,18)(H,17,19)/t10-,11+/m0/s1. The molecule has 6 heteroatoms. The van der Waals surface area contributed by atoms with E-state index in [4.69, 9.17) is 11.0 Å². The van der Waals surface area contributed by atoms with E-state index in [9.17, 15) is 9.59 Å². The van der Waals surface area contributed by atoms with Crippen molar-refractivity contribution < 1.29 is 9.59 Å². The van der Waals surface area contributed by atoms with Crippen LogP contribution in [0.25, 0.3) is 0 Å². The van der Waals surface area contributed by atoms with Gasteiger partial charge in [-0.25, -0.2) is 0 Å². The van der Waals surface area contributed by atoms with Crippen molar-refractivity contribution in [2.45, 2.75) is 38.1 Å². The minimum Gasteiger partial charge on any atom is -0.369 e. The van der Waals surface area contributed by atoms with Crippen LogP contribution in [0.2, 0.25) is 0 Å². The Hall–Kier alpha value is -1.87. The lowest BCUT2D eigenvalue weighted by Gasteiger charge is -2.23. The van der Waals surface area contributed by atoms with Crippen molar-refractivity contribution in [2.24, 2.45) is 11.7 Å². The van der Waals surface area contributed by atoms with Crippen LogP contribution in [0.4, 0.5) is 0 Å². The molecule has 20 heavy (non-hydrogen) atoms. The first kappa shape index (κ1) is 14.5. The molecule has 1 heterocycles. The van der Waals surface area contributed by atoms with Gasteiger partial charge in [0.1, 0.15) is 10.9 Å². The molecule has 3 N–H and O–H groups in total. The van der Waals surface area contributed by atoms with Crippen LogP contribution in [0.5, 0.6) is 0 Å². The second kappa shape index (κ2) is 6.53. The Bertz CT molecular complexity index is 547. The second-order valence-corrected chi connectivity index (χ2v) is 5.92. The first-order chi connectivity index (χ1) is 9.63. The van der Waals surface area contributed by atoms with Crippen molar-refractivity contribution in [3.63, 3.8) is 0 Å². The van der Waals surface area contributed by atoms with Gasteiger partial charge in [0.05, 0.1) is 11.5 Å². The summed E-state index contributed by atoms with van der Waals surface area (Å²) in [5.41, 5.74) is 5.81. The van der Waals surface area contributed by atoms with E-state index >= 15 is 0 Å². The number of nitrogens with two attached hydrogens (primary N) is 1. The van der Waals surface area contributed by atoms with Crippen LogP contribution < -0.4 is 11.1 Å². The van der Waals surface area contributed by atoms with E-state index in [0.717, 1.165) is 32.1 Å². The largest absolute Gasteiger partial charge is 0.369 e. The molecule has 0 saturated heterocycles. The number of carbonyl (C=O) groups is 2. The van der Waals surface area contributed by atoms with E-state index < -0.39 is 0 Å². The lowest BCUT2D eigenvalue weighted by molar-refractivity contribution is -0.122. The molecule has 0 spiro atoms. The molecular weight excluding hydrogens is 274 g/mol. The average molecular weight is 291 g/mol. The van der Waals surface area contributed by atoms with Crippen LogP contribution in [0.3, 0.4) is 0 Å². The first-order valence-corrected chi connectivity index (χ1v) is 7.59. The Labute approximate surface area is 121 Å². The summed E-state index contributed by atoms with van der Waals surface area (Å²) in [4.78, 5) is 24.2. The Balaban J connectivity index is 2.12.